The number of rotatable bonds is 2. The summed E-state index contributed by atoms with van der Waals surface area (Å²) < 4.78 is 2.40. The van der Waals surface area contributed by atoms with Gasteiger partial charge in [-0.15, -0.1) is 0 Å². The van der Waals surface area contributed by atoms with Gasteiger partial charge in [-0.1, -0.05) is 0 Å². The van der Waals surface area contributed by atoms with E-state index in [1.807, 2.05) is 0 Å². The van der Waals surface area contributed by atoms with Crippen molar-refractivity contribution in [3.05, 3.63) is 29.1 Å². The Bertz CT molecular complexity index is 592. The highest BCUT2D eigenvalue weighted by molar-refractivity contribution is 5.78. The van der Waals surface area contributed by atoms with Gasteiger partial charge in [0, 0.05) is 6.54 Å². The molecule has 1 fully saturated rings. The standard InChI is InChI=1S/C16H23N3/c1-11-7-15-16(8-12(11)2)19(13(3)18-15)10-14-5-4-6-17-9-14/h7-8,14,17H,4-6,9-10H2,1-3H3. The quantitative estimate of drug-likeness (QED) is 0.896. The van der Waals surface area contributed by atoms with Crippen molar-refractivity contribution in [2.75, 3.05) is 13.1 Å². The van der Waals surface area contributed by atoms with E-state index in [2.05, 4.69) is 42.8 Å². The number of benzene rings is 1. The Hall–Kier alpha value is -1.35. The monoisotopic (exact) mass is 257 g/mol. The molecule has 3 rings (SSSR count). The molecule has 3 nitrogen and oxygen atoms in total. The minimum Gasteiger partial charge on any atom is -0.328 e. The molecule has 1 N–H and O–H groups in total. The van der Waals surface area contributed by atoms with Crippen molar-refractivity contribution in [1.29, 1.82) is 0 Å². The molecule has 0 spiro atoms. The molecule has 1 unspecified atom stereocenters. The molecule has 1 saturated heterocycles. The van der Waals surface area contributed by atoms with Gasteiger partial charge >= 0.3 is 0 Å². The third-order valence-corrected chi connectivity index (χ3v) is 4.39. The van der Waals surface area contributed by atoms with Gasteiger partial charge in [0.25, 0.3) is 0 Å². The van der Waals surface area contributed by atoms with Crippen molar-refractivity contribution in [3.63, 3.8) is 0 Å². The summed E-state index contributed by atoms with van der Waals surface area (Å²) in [4.78, 5) is 4.72. The summed E-state index contributed by atoms with van der Waals surface area (Å²) in [6.07, 6.45) is 2.63. The van der Waals surface area contributed by atoms with Crippen LogP contribution in [0.3, 0.4) is 0 Å². The Kier molecular flexibility index (Phi) is 3.31. The molecule has 2 heterocycles. The van der Waals surface area contributed by atoms with E-state index >= 15 is 0 Å². The summed E-state index contributed by atoms with van der Waals surface area (Å²) in [7, 11) is 0. The average molecular weight is 257 g/mol. The van der Waals surface area contributed by atoms with Gasteiger partial charge in [-0.05, 0) is 75.9 Å². The third kappa shape index (κ3) is 2.39. The fourth-order valence-electron chi connectivity index (χ4n) is 3.07. The SMILES string of the molecule is Cc1cc2nc(C)n(CC3CCCNC3)c2cc1C. The first-order valence-corrected chi connectivity index (χ1v) is 7.30. The molecular weight excluding hydrogens is 234 g/mol. The summed E-state index contributed by atoms with van der Waals surface area (Å²) >= 11 is 0. The highest BCUT2D eigenvalue weighted by Gasteiger charge is 2.16. The number of hydrogen-bond donors (Lipinski definition) is 1. The predicted molar refractivity (Wildman–Crippen MR) is 79.5 cm³/mol. The van der Waals surface area contributed by atoms with Crippen LogP contribution in [0.4, 0.5) is 0 Å². The van der Waals surface area contributed by atoms with Crippen LogP contribution in [-0.4, -0.2) is 22.6 Å². The van der Waals surface area contributed by atoms with E-state index in [1.165, 1.54) is 36.0 Å². The predicted octanol–water partition coefficient (Wildman–Crippen LogP) is 2.96. The minimum absolute atomic E-state index is 0.742. The van der Waals surface area contributed by atoms with Gasteiger partial charge in [-0.3, -0.25) is 0 Å². The van der Waals surface area contributed by atoms with Crippen LogP contribution in [0.25, 0.3) is 11.0 Å². The minimum atomic E-state index is 0.742. The normalized spacial score (nSPS) is 20.1. The van der Waals surface area contributed by atoms with Gasteiger partial charge < -0.3 is 9.88 Å². The summed E-state index contributed by atoms with van der Waals surface area (Å²) in [5.74, 6) is 1.89. The summed E-state index contributed by atoms with van der Waals surface area (Å²) in [6.45, 7) is 9.89. The van der Waals surface area contributed by atoms with Crippen LogP contribution in [0.15, 0.2) is 12.1 Å². The number of aryl methyl sites for hydroxylation is 3. The highest BCUT2D eigenvalue weighted by atomic mass is 15.1. The van der Waals surface area contributed by atoms with Crippen LogP contribution in [0.2, 0.25) is 0 Å². The van der Waals surface area contributed by atoms with Gasteiger partial charge in [0.1, 0.15) is 5.82 Å². The lowest BCUT2D eigenvalue weighted by Crippen LogP contribution is -2.32. The van der Waals surface area contributed by atoms with Gasteiger partial charge in [-0.25, -0.2) is 4.98 Å². The molecule has 0 saturated carbocycles. The zero-order valence-electron chi connectivity index (χ0n) is 12.2. The van der Waals surface area contributed by atoms with Crippen molar-refractivity contribution < 1.29 is 0 Å². The van der Waals surface area contributed by atoms with E-state index in [-0.39, 0.29) is 0 Å². The van der Waals surface area contributed by atoms with Crippen molar-refractivity contribution >= 4 is 11.0 Å². The Balaban J connectivity index is 1.97. The van der Waals surface area contributed by atoms with Crippen LogP contribution >= 0.6 is 0 Å². The van der Waals surface area contributed by atoms with E-state index in [4.69, 9.17) is 4.98 Å². The molecule has 2 aromatic rings. The van der Waals surface area contributed by atoms with Gasteiger partial charge in [0.05, 0.1) is 11.0 Å². The second kappa shape index (κ2) is 4.97. The smallest absolute Gasteiger partial charge is 0.106 e. The topological polar surface area (TPSA) is 29.9 Å². The molecule has 102 valence electrons. The van der Waals surface area contributed by atoms with Crippen LogP contribution < -0.4 is 5.32 Å². The maximum atomic E-state index is 4.72. The molecule has 0 bridgehead atoms. The third-order valence-electron chi connectivity index (χ3n) is 4.39. The van der Waals surface area contributed by atoms with E-state index in [0.717, 1.165) is 30.3 Å². The first-order valence-electron chi connectivity index (χ1n) is 7.30. The zero-order chi connectivity index (χ0) is 13.4. The number of imidazole rings is 1. The molecule has 1 atom stereocenters. The van der Waals surface area contributed by atoms with Gasteiger partial charge in [0.15, 0.2) is 0 Å². The van der Waals surface area contributed by atoms with Crippen molar-refractivity contribution in [2.45, 2.75) is 40.2 Å². The molecule has 0 aliphatic carbocycles. The largest absolute Gasteiger partial charge is 0.328 e. The lowest BCUT2D eigenvalue weighted by atomic mass is 9.99. The first kappa shape index (κ1) is 12.7. The van der Waals surface area contributed by atoms with Gasteiger partial charge in [-0.2, -0.15) is 0 Å². The number of fused-ring (bicyclic) bond motifs is 1. The number of nitrogens with zero attached hydrogens (tertiary/aromatic N) is 2. The van der Waals surface area contributed by atoms with E-state index in [1.54, 1.807) is 0 Å². The Labute approximate surface area is 115 Å². The molecule has 3 heteroatoms. The molecule has 0 amide bonds. The van der Waals surface area contributed by atoms with Crippen molar-refractivity contribution in [1.82, 2.24) is 14.9 Å². The lowest BCUT2D eigenvalue weighted by molar-refractivity contribution is 0.338. The van der Waals surface area contributed by atoms with Crippen LogP contribution in [-0.2, 0) is 6.54 Å². The zero-order valence-corrected chi connectivity index (χ0v) is 12.2. The molecule has 1 aromatic heterocycles. The van der Waals surface area contributed by atoms with Gasteiger partial charge in [0.2, 0.25) is 0 Å². The van der Waals surface area contributed by atoms with Crippen LogP contribution in [0.5, 0.6) is 0 Å². The first-order chi connectivity index (χ1) is 9.15. The van der Waals surface area contributed by atoms with E-state index < -0.39 is 0 Å². The fraction of sp³-hybridized carbons (Fsp3) is 0.562. The molecule has 1 aliphatic heterocycles. The number of nitrogens with one attached hydrogen (secondary N) is 1. The molecule has 1 aliphatic rings. The summed E-state index contributed by atoms with van der Waals surface area (Å²) in [5, 5.41) is 3.50. The Morgan fingerprint density at radius 2 is 2.05 bits per heavy atom. The highest BCUT2D eigenvalue weighted by Crippen LogP contribution is 2.23. The molecular formula is C16H23N3. The lowest BCUT2D eigenvalue weighted by Gasteiger charge is -2.24. The van der Waals surface area contributed by atoms with E-state index in [0.29, 0.717) is 0 Å². The van der Waals surface area contributed by atoms with E-state index in [9.17, 15) is 0 Å². The Morgan fingerprint density at radius 3 is 2.79 bits per heavy atom. The number of hydrogen-bond acceptors (Lipinski definition) is 2. The second-order valence-electron chi connectivity index (χ2n) is 5.91. The van der Waals surface area contributed by atoms with Crippen LogP contribution in [0, 0.1) is 26.7 Å². The second-order valence-corrected chi connectivity index (χ2v) is 5.91. The Morgan fingerprint density at radius 1 is 1.26 bits per heavy atom. The summed E-state index contributed by atoms with van der Waals surface area (Å²) in [5.41, 5.74) is 5.13. The maximum Gasteiger partial charge on any atom is 0.106 e. The summed E-state index contributed by atoms with van der Waals surface area (Å²) in [6, 6.07) is 4.51. The maximum absolute atomic E-state index is 4.72. The molecule has 19 heavy (non-hydrogen) atoms. The average Bonchev–Trinajstić information content (AvgIpc) is 2.68. The number of piperidine rings is 1. The molecule has 1 aromatic carbocycles. The van der Waals surface area contributed by atoms with Crippen molar-refractivity contribution in [2.24, 2.45) is 5.92 Å². The van der Waals surface area contributed by atoms with Crippen molar-refractivity contribution in [3.8, 4) is 0 Å². The number of aromatic nitrogens is 2. The molecule has 0 radical (unpaired) electrons. The van der Waals surface area contributed by atoms with Crippen LogP contribution in [0.1, 0.15) is 29.8 Å². The fourth-order valence-corrected chi connectivity index (χ4v) is 3.07.